The third-order valence-electron chi connectivity index (χ3n) is 3.69. The van der Waals surface area contributed by atoms with Gasteiger partial charge in [0.1, 0.15) is 0 Å². The molecule has 0 fully saturated rings. The van der Waals surface area contributed by atoms with E-state index in [4.69, 9.17) is 14.2 Å². The Hall–Kier alpha value is -2.62. The van der Waals surface area contributed by atoms with Gasteiger partial charge in [0.05, 0.1) is 27.0 Å². The van der Waals surface area contributed by atoms with Gasteiger partial charge in [-0.15, -0.1) is 0 Å². The van der Waals surface area contributed by atoms with Gasteiger partial charge in [-0.3, -0.25) is 5.32 Å². The Labute approximate surface area is 130 Å². The Bertz CT molecular complexity index is 697. The van der Waals surface area contributed by atoms with Crippen LogP contribution in [0.3, 0.4) is 0 Å². The Morgan fingerprint density at radius 2 is 1.59 bits per heavy atom. The normalized spacial score (nSPS) is 11.8. The summed E-state index contributed by atoms with van der Waals surface area (Å²) in [5.41, 5.74) is 4.50. The average Bonchev–Trinajstić information content (AvgIpc) is 3.01. The largest absolute Gasteiger partial charge is 0.493 e. The number of fused-ring (bicyclic) bond motifs is 1. The van der Waals surface area contributed by atoms with Crippen LogP contribution in [0.2, 0.25) is 0 Å². The first-order valence-electron chi connectivity index (χ1n) is 7.04. The molecule has 1 aliphatic rings. The van der Waals surface area contributed by atoms with Gasteiger partial charge in [0.25, 0.3) is 0 Å². The Morgan fingerprint density at radius 3 is 2.23 bits per heavy atom. The van der Waals surface area contributed by atoms with E-state index < -0.39 is 0 Å². The molecule has 1 heterocycles. The molecule has 0 spiro atoms. The van der Waals surface area contributed by atoms with Gasteiger partial charge in [0, 0.05) is 11.8 Å². The summed E-state index contributed by atoms with van der Waals surface area (Å²) in [7, 11) is 4.86. The lowest BCUT2D eigenvalue weighted by Gasteiger charge is -2.14. The highest BCUT2D eigenvalue weighted by molar-refractivity contribution is 5.69. The van der Waals surface area contributed by atoms with E-state index in [1.165, 1.54) is 5.56 Å². The van der Waals surface area contributed by atoms with Crippen LogP contribution in [-0.2, 0) is 6.42 Å². The summed E-state index contributed by atoms with van der Waals surface area (Å²) in [6.45, 7) is 0. The number of nitrogens with zero attached hydrogens (tertiary/aromatic N) is 1. The van der Waals surface area contributed by atoms with E-state index in [-0.39, 0.29) is 0 Å². The molecule has 0 saturated carbocycles. The molecule has 113 valence electrons. The topological polar surface area (TPSA) is 41.8 Å². The van der Waals surface area contributed by atoms with E-state index in [1.54, 1.807) is 21.3 Å². The van der Waals surface area contributed by atoms with Crippen LogP contribution < -0.4 is 19.5 Å². The van der Waals surface area contributed by atoms with Crippen LogP contribution in [0, 0.1) is 0 Å². The van der Waals surface area contributed by atoms with Gasteiger partial charge in [-0.25, -0.2) is 0 Å². The maximum atomic E-state index is 5.40. The molecule has 0 N–H and O–H groups in total. The zero-order chi connectivity index (χ0) is 15.5. The van der Waals surface area contributed by atoms with Gasteiger partial charge in [-0.1, -0.05) is 6.07 Å². The van der Waals surface area contributed by atoms with Crippen molar-refractivity contribution in [3.8, 4) is 17.2 Å². The summed E-state index contributed by atoms with van der Waals surface area (Å²) in [5, 5.41) is 4.29. The molecule has 4 heteroatoms. The van der Waals surface area contributed by atoms with Crippen molar-refractivity contribution in [3.63, 3.8) is 0 Å². The van der Waals surface area contributed by atoms with Gasteiger partial charge in [0.2, 0.25) is 5.75 Å². The van der Waals surface area contributed by atoms with Gasteiger partial charge in [0.15, 0.2) is 11.5 Å². The second-order valence-electron chi connectivity index (χ2n) is 5.05. The lowest BCUT2D eigenvalue weighted by molar-refractivity contribution is 0.324. The van der Waals surface area contributed by atoms with E-state index in [0.29, 0.717) is 17.2 Å². The number of hydrogen-bond acceptors (Lipinski definition) is 3. The molecule has 0 aliphatic carbocycles. The fourth-order valence-corrected chi connectivity index (χ4v) is 2.64. The first-order valence-corrected chi connectivity index (χ1v) is 7.04. The van der Waals surface area contributed by atoms with Crippen LogP contribution in [0.4, 0.5) is 5.69 Å². The van der Waals surface area contributed by atoms with Crippen molar-refractivity contribution < 1.29 is 14.2 Å². The molecule has 2 aromatic carbocycles. The molecule has 0 unspecified atom stereocenters. The minimum absolute atomic E-state index is 0.615. The molecule has 3 rings (SSSR count). The predicted octanol–water partition coefficient (Wildman–Crippen LogP) is 3.52. The molecule has 4 nitrogen and oxygen atoms in total. The van der Waals surface area contributed by atoms with Gasteiger partial charge < -0.3 is 14.2 Å². The second-order valence-corrected chi connectivity index (χ2v) is 5.05. The maximum Gasteiger partial charge on any atom is 0.203 e. The molecule has 1 radical (unpaired) electrons. The van der Waals surface area contributed by atoms with E-state index in [9.17, 15) is 0 Å². The monoisotopic (exact) mass is 296 g/mol. The quantitative estimate of drug-likeness (QED) is 0.847. The minimum Gasteiger partial charge on any atom is -0.493 e. The van der Waals surface area contributed by atoms with Gasteiger partial charge in [-0.05, 0) is 47.9 Å². The minimum atomic E-state index is 0.615. The molecule has 1 aliphatic heterocycles. The van der Waals surface area contributed by atoms with Crippen LogP contribution in [0.1, 0.15) is 16.7 Å². The molecule has 0 atom stereocenters. The van der Waals surface area contributed by atoms with E-state index in [1.807, 2.05) is 30.5 Å². The smallest absolute Gasteiger partial charge is 0.203 e. The molecule has 0 amide bonds. The van der Waals surface area contributed by atoms with Crippen molar-refractivity contribution in [1.29, 1.82) is 0 Å². The van der Waals surface area contributed by atoms with E-state index >= 15 is 0 Å². The highest BCUT2D eigenvalue weighted by atomic mass is 16.5. The standard InChI is InChI=1S/C18H18NO3/c1-20-16-10-13(11-17(21-2)18(16)22-3)8-12-4-5-15-14(9-12)6-7-19-15/h4-7,9-11H,8H2,1-3H3. The number of methoxy groups -OCH3 is 3. The molecule has 0 saturated heterocycles. The number of ether oxygens (including phenoxy) is 3. The summed E-state index contributed by atoms with van der Waals surface area (Å²) >= 11 is 0. The molecular formula is C18H18NO3. The van der Waals surface area contributed by atoms with Crippen LogP contribution in [0.25, 0.3) is 6.08 Å². The maximum absolute atomic E-state index is 5.40. The lowest BCUT2D eigenvalue weighted by Crippen LogP contribution is -1.98. The van der Waals surface area contributed by atoms with Crippen LogP contribution in [0.5, 0.6) is 17.2 Å². The van der Waals surface area contributed by atoms with Crippen molar-refractivity contribution in [2.45, 2.75) is 6.42 Å². The van der Waals surface area contributed by atoms with E-state index in [2.05, 4.69) is 17.4 Å². The SMILES string of the molecule is COc1cc(Cc2ccc3c(c2)C=C[N]3)cc(OC)c1OC. The number of rotatable bonds is 5. The van der Waals surface area contributed by atoms with Gasteiger partial charge in [-0.2, -0.15) is 0 Å². The van der Waals surface area contributed by atoms with Crippen molar-refractivity contribution in [2.24, 2.45) is 0 Å². The Morgan fingerprint density at radius 1 is 0.864 bits per heavy atom. The van der Waals surface area contributed by atoms with Crippen molar-refractivity contribution >= 4 is 11.8 Å². The summed E-state index contributed by atoms with van der Waals surface area (Å²) in [6.07, 6.45) is 4.64. The zero-order valence-corrected chi connectivity index (χ0v) is 12.9. The predicted molar refractivity (Wildman–Crippen MR) is 86.2 cm³/mol. The molecule has 22 heavy (non-hydrogen) atoms. The summed E-state index contributed by atoms with van der Waals surface area (Å²) < 4.78 is 16.2. The molecule has 0 aromatic heterocycles. The van der Waals surface area contributed by atoms with Gasteiger partial charge >= 0.3 is 0 Å². The van der Waals surface area contributed by atoms with Crippen molar-refractivity contribution in [1.82, 2.24) is 5.32 Å². The van der Waals surface area contributed by atoms with Crippen LogP contribution >= 0.6 is 0 Å². The third-order valence-corrected chi connectivity index (χ3v) is 3.69. The summed E-state index contributed by atoms with van der Waals surface area (Å²) in [6, 6.07) is 10.3. The van der Waals surface area contributed by atoms with Crippen molar-refractivity contribution in [3.05, 3.63) is 53.2 Å². The third kappa shape index (κ3) is 2.60. The molecular weight excluding hydrogens is 278 g/mol. The van der Waals surface area contributed by atoms with Crippen molar-refractivity contribution in [2.75, 3.05) is 21.3 Å². The zero-order valence-electron chi connectivity index (χ0n) is 12.9. The van der Waals surface area contributed by atoms with E-state index in [0.717, 1.165) is 23.2 Å². The fourth-order valence-electron chi connectivity index (χ4n) is 2.64. The van der Waals surface area contributed by atoms with Crippen LogP contribution in [0.15, 0.2) is 36.5 Å². The first-order chi connectivity index (χ1) is 10.7. The number of benzene rings is 2. The first kappa shape index (κ1) is 14.3. The van der Waals surface area contributed by atoms with Crippen LogP contribution in [-0.4, -0.2) is 21.3 Å². The lowest BCUT2D eigenvalue weighted by atomic mass is 10.0. The number of hydrogen-bond donors (Lipinski definition) is 0. The molecule has 2 aromatic rings. The fraction of sp³-hybridized carbons (Fsp3) is 0.222. The highest BCUT2D eigenvalue weighted by Gasteiger charge is 2.14. The Balaban J connectivity index is 1.93. The summed E-state index contributed by atoms with van der Waals surface area (Å²) in [5.74, 6) is 1.96. The average molecular weight is 296 g/mol. The molecule has 0 bridgehead atoms. The second kappa shape index (κ2) is 6.02. The summed E-state index contributed by atoms with van der Waals surface area (Å²) in [4.78, 5) is 0. The highest BCUT2D eigenvalue weighted by Crippen LogP contribution is 2.38. The Kier molecular flexibility index (Phi) is 3.92.